The maximum atomic E-state index is 13.0. The molecule has 0 aliphatic rings. The molecule has 0 amide bonds. The van der Waals surface area contributed by atoms with Gasteiger partial charge in [-0.05, 0) is 41.5 Å². The van der Waals surface area contributed by atoms with Crippen molar-refractivity contribution < 1.29 is 17.9 Å². The number of benzene rings is 5. The van der Waals surface area contributed by atoms with Crippen LogP contribution in [0.25, 0.3) is 21.8 Å². The minimum Gasteiger partial charge on any atom is -0.492 e. The van der Waals surface area contributed by atoms with Gasteiger partial charge in [-0.3, -0.25) is 9.10 Å². The number of ether oxygens (including phenoxy) is 1. The molecule has 46 heavy (non-hydrogen) atoms. The molecule has 0 aliphatic heterocycles. The number of nitrogens with zero attached hydrogens (tertiary/aromatic N) is 2. The zero-order chi connectivity index (χ0) is 31.2. The van der Waals surface area contributed by atoms with E-state index in [0.717, 1.165) is 23.4 Å². The van der Waals surface area contributed by atoms with E-state index in [2.05, 4.69) is 70.5 Å². The molecule has 1 heterocycles. The van der Waals surface area contributed by atoms with Crippen molar-refractivity contribution in [1.29, 1.82) is 0 Å². The molecule has 0 atom stereocenters. The van der Waals surface area contributed by atoms with Gasteiger partial charge >= 0.3 is 0 Å². The van der Waals surface area contributed by atoms with Crippen LogP contribution in [0.4, 0.5) is 5.69 Å². The fourth-order valence-electron chi connectivity index (χ4n) is 5.58. The topological polar surface area (TPSA) is 80.6 Å². The van der Waals surface area contributed by atoms with E-state index < -0.39 is 10.0 Å². The Balaban J connectivity index is 0.00000417. The van der Waals surface area contributed by atoms with Crippen molar-refractivity contribution in [2.45, 2.75) is 13.1 Å². The normalized spacial score (nSPS) is 11.3. The lowest BCUT2D eigenvalue weighted by Gasteiger charge is -2.23. The molecule has 1 aromatic heterocycles. The van der Waals surface area contributed by atoms with E-state index >= 15 is 0 Å². The molecule has 0 unspecified atom stereocenters. The summed E-state index contributed by atoms with van der Waals surface area (Å²) in [4.78, 5) is 13.0. The molecule has 0 radical (unpaired) electrons. The maximum Gasteiger partial charge on any atom is 0.232 e. The summed E-state index contributed by atoms with van der Waals surface area (Å²) in [6.07, 6.45) is 1.17. The molecule has 0 saturated heterocycles. The summed E-state index contributed by atoms with van der Waals surface area (Å²) in [5.41, 5.74) is 5.27. The minimum atomic E-state index is -3.56. The fourth-order valence-corrected chi connectivity index (χ4v) is 6.46. The van der Waals surface area contributed by atoms with Gasteiger partial charge in [0.15, 0.2) is 5.78 Å². The zero-order valence-corrected chi connectivity index (χ0v) is 27.1. The number of anilines is 1. The summed E-state index contributed by atoms with van der Waals surface area (Å²) in [5, 5.41) is 5.55. The predicted octanol–water partition coefficient (Wildman–Crippen LogP) is 7.08. The number of hydrogen-bond acceptors (Lipinski definition) is 5. The SMILES string of the molecule is CS(=O)(=O)N(Cc1ccccc1)c1cccc(C(=O)CNCCOc2ccc3c4ccccc4n(Cc4ccccc4)c3c2)c1.Cl. The number of para-hydroxylation sites is 1. The molecule has 0 fully saturated rings. The van der Waals surface area contributed by atoms with Gasteiger partial charge in [-0.15, -0.1) is 12.4 Å². The number of hydrogen-bond donors (Lipinski definition) is 1. The second-order valence-corrected chi connectivity index (χ2v) is 12.9. The van der Waals surface area contributed by atoms with Crippen LogP contribution in [0, 0.1) is 0 Å². The van der Waals surface area contributed by atoms with Crippen molar-refractivity contribution in [2.75, 3.05) is 30.3 Å². The average Bonchev–Trinajstić information content (AvgIpc) is 3.36. The van der Waals surface area contributed by atoms with Crippen LogP contribution in [0.5, 0.6) is 5.75 Å². The van der Waals surface area contributed by atoms with Gasteiger partial charge in [0.1, 0.15) is 12.4 Å². The average molecular weight is 654 g/mol. The number of nitrogens with one attached hydrogen (secondary N) is 1. The van der Waals surface area contributed by atoms with Gasteiger partial charge in [-0.25, -0.2) is 8.42 Å². The van der Waals surface area contributed by atoms with Crippen molar-refractivity contribution in [1.82, 2.24) is 9.88 Å². The highest BCUT2D eigenvalue weighted by Crippen LogP contribution is 2.32. The van der Waals surface area contributed by atoms with Crippen LogP contribution in [-0.4, -0.2) is 44.7 Å². The number of rotatable bonds is 13. The number of Topliss-reactive ketones (excluding diaryl/α,β-unsaturated/α-hetero) is 1. The first-order valence-corrected chi connectivity index (χ1v) is 16.7. The Kier molecular flexibility index (Phi) is 10.4. The van der Waals surface area contributed by atoms with Crippen LogP contribution >= 0.6 is 12.4 Å². The molecular weight excluding hydrogens is 618 g/mol. The van der Waals surface area contributed by atoms with Gasteiger partial charge in [0.2, 0.25) is 10.0 Å². The van der Waals surface area contributed by atoms with Gasteiger partial charge in [-0.1, -0.05) is 91.0 Å². The van der Waals surface area contributed by atoms with E-state index in [-0.39, 0.29) is 31.3 Å². The minimum absolute atomic E-state index is 0. The molecule has 0 aliphatic carbocycles. The van der Waals surface area contributed by atoms with Gasteiger partial charge in [0.05, 0.1) is 30.5 Å². The molecule has 6 rings (SSSR count). The first-order chi connectivity index (χ1) is 21.9. The smallest absolute Gasteiger partial charge is 0.232 e. The summed E-state index contributed by atoms with van der Waals surface area (Å²) in [6, 6.07) is 41.2. The third-order valence-corrected chi connectivity index (χ3v) is 8.93. The third-order valence-electron chi connectivity index (χ3n) is 7.79. The van der Waals surface area contributed by atoms with Crippen molar-refractivity contribution >= 4 is 55.7 Å². The Morgan fingerprint density at radius 1 is 0.761 bits per heavy atom. The number of sulfonamides is 1. The summed E-state index contributed by atoms with van der Waals surface area (Å²) in [7, 11) is -3.56. The van der Waals surface area contributed by atoms with Crippen LogP contribution in [0.2, 0.25) is 0 Å². The Morgan fingerprint density at radius 2 is 1.43 bits per heavy atom. The van der Waals surface area contributed by atoms with E-state index in [1.54, 1.807) is 24.3 Å². The number of halogens is 1. The largest absolute Gasteiger partial charge is 0.492 e. The lowest BCUT2D eigenvalue weighted by Crippen LogP contribution is -2.30. The van der Waals surface area contributed by atoms with E-state index in [0.29, 0.717) is 24.4 Å². The third kappa shape index (κ3) is 7.59. The van der Waals surface area contributed by atoms with Crippen LogP contribution in [-0.2, 0) is 23.1 Å². The molecule has 5 aromatic carbocycles. The summed E-state index contributed by atoms with van der Waals surface area (Å²) in [6.45, 7) is 1.91. The van der Waals surface area contributed by atoms with Gasteiger partial charge in [-0.2, -0.15) is 0 Å². The van der Waals surface area contributed by atoms with E-state index in [9.17, 15) is 13.2 Å². The highest BCUT2D eigenvalue weighted by atomic mass is 35.5. The molecule has 0 saturated carbocycles. The number of carbonyl (C=O) groups is 1. The zero-order valence-electron chi connectivity index (χ0n) is 25.5. The quantitative estimate of drug-likeness (QED) is 0.106. The molecule has 236 valence electrons. The first-order valence-electron chi connectivity index (χ1n) is 14.9. The summed E-state index contributed by atoms with van der Waals surface area (Å²) in [5.74, 6) is 0.636. The van der Waals surface area contributed by atoms with Crippen LogP contribution in [0.3, 0.4) is 0 Å². The Bertz CT molecular complexity index is 2050. The maximum absolute atomic E-state index is 13.0. The Hall–Kier alpha value is -4.63. The number of ketones is 1. The molecule has 9 heteroatoms. The van der Waals surface area contributed by atoms with Crippen molar-refractivity contribution in [3.05, 3.63) is 144 Å². The predicted molar refractivity (Wildman–Crippen MR) is 189 cm³/mol. The monoisotopic (exact) mass is 653 g/mol. The van der Waals surface area contributed by atoms with E-state index in [1.807, 2.05) is 42.5 Å². The van der Waals surface area contributed by atoms with E-state index in [1.165, 1.54) is 32.4 Å². The van der Waals surface area contributed by atoms with Crippen molar-refractivity contribution in [3.8, 4) is 5.75 Å². The van der Waals surface area contributed by atoms with E-state index in [4.69, 9.17) is 4.74 Å². The standard InChI is InChI=1S/C37H35N3O4S.ClH/c1-45(42,43)40(27-29-13-6-3-7-14-29)31-16-10-15-30(23-31)37(41)25-38-21-22-44-32-19-20-34-33-17-8-9-18-35(33)39(36(34)24-32)26-28-11-4-2-5-12-28;/h2-20,23-24,38H,21-22,25-27H2,1H3;1H. The molecule has 1 N–H and O–H groups in total. The molecule has 7 nitrogen and oxygen atoms in total. The molecule has 0 spiro atoms. The first kappa shape index (κ1) is 32.8. The number of aromatic nitrogens is 1. The van der Waals surface area contributed by atoms with Gasteiger partial charge in [0, 0.05) is 41.0 Å². The summed E-state index contributed by atoms with van der Waals surface area (Å²) < 4.78 is 34.9. The highest BCUT2D eigenvalue weighted by Gasteiger charge is 2.19. The highest BCUT2D eigenvalue weighted by molar-refractivity contribution is 7.92. The van der Waals surface area contributed by atoms with Crippen molar-refractivity contribution in [3.63, 3.8) is 0 Å². The Labute approximate surface area is 275 Å². The molecular formula is C37H36ClN3O4S. The lowest BCUT2D eigenvalue weighted by molar-refractivity contribution is 0.0990. The van der Waals surface area contributed by atoms with Crippen LogP contribution < -0.4 is 14.4 Å². The number of fused-ring (bicyclic) bond motifs is 3. The van der Waals surface area contributed by atoms with Crippen molar-refractivity contribution in [2.24, 2.45) is 0 Å². The number of carbonyl (C=O) groups excluding carboxylic acids is 1. The van der Waals surface area contributed by atoms with Crippen LogP contribution in [0.1, 0.15) is 21.5 Å². The lowest BCUT2D eigenvalue weighted by atomic mass is 10.1. The Morgan fingerprint density at radius 3 is 2.17 bits per heavy atom. The van der Waals surface area contributed by atoms with Gasteiger partial charge < -0.3 is 14.6 Å². The second-order valence-electron chi connectivity index (χ2n) is 11.0. The molecule has 0 bridgehead atoms. The van der Waals surface area contributed by atoms with Gasteiger partial charge in [0.25, 0.3) is 0 Å². The second kappa shape index (κ2) is 14.6. The molecule has 6 aromatic rings. The summed E-state index contributed by atoms with van der Waals surface area (Å²) >= 11 is 0. The van der Waals surface area contributed by atoms with Crippen LogP contribution in [0.15, 0.2) is 127 Å². The fraction of sp³-hybridized carbons (Fsp3) is 0.162.